The molecular weight excluding hydrogens is 430 g/mol. The number of anilines is 1. The Bertz CT molecular complexity index is 1020. The van der Waals surface area contributed by atoms with Crippen molar-refractivity contribution >= 4 is 46.4 Å². The second-order valence-electron chi connectivity index (χ2n) is 7.75. The summed E-state index contributed by atoms with van der Waals surface area (Å²) in [4.78, 5) is 47.9. The minimum absolute atomic E-state index is 0.0756. The molecule has 3 unspecified atom stereocenters. The summed E-state index contributed by atoms with van der Waals surface area (Å²) >= 11 is 6.07. The maximum Gasteiger partial charge on any atom is 0.308 e. The predicted molar refractivity (Wildman–Crippen MR) is 107 cm³/mol. The Morgan fingerprint density at radius 2 is 2.13 bits per heavy atom. The number of carbonyl (C=O) groups excluding carboxylic acids is 3. The number of imidazole rings is 1. The molecule has 4 rings (SSSR count). The van der Waals surface area contributed by atoms with Gasteiger partial charge >= 0.3 is 11.9 Å². The normalized spacial score (nSPS) is 23.4. The van der Waals surface area contributed by atoms with Crippen LogP contribution in [-0.4, -0.2) is 56.2 Å². The highest BCUT2D eigenvalue weighted by Gasteiger charge is 2.32. The molecule has 0 radical (unpaired) electrons. The molecule has 1 N–H and O–H groups in total. The summed E-state index contributed by atoms with van der Waals surface area (Å²) in [6, 6.07) is 0. The van der Waals surface area contributed by atoms with Crippen LogP contribution in [0.1, 0.15) is 45.8 Å². The molecule has 1 amide bonds. The summed E-state index contributed by atoms with van der Waals surface area (Å²) < 4.78 is 17.9. The largest absolute Gasteiger partial charge is 0.463 e. The second-order valence-corrected chi connectivity index (χ2v) is 8.08. The van der Waals surface area contributed by atoms with Gasteiger partial charge in [0.25, 0.3) is 5.91 Å². The Kier molecular flexibility index (Phi) is 6.05. The van der Waals surface area contributed by atoms with Crippen molar-refractivity contribution in [2.75, 3.05) is 11.9 Å². The van der Waals surface area contributed by atoms with Gasteiger partial charge in [0.15, 0.2) is 23.1 Å². The van der Waals surface area contributed by atoms with Gasteiger partial charge in [-0.05, 0) is 24.4 Å². The summed E-state index contributed by atoms with van der Waals surface area (Å²) in [5, 5.41) is 2.54. The maximum atomic E-state index is 12.4. The second kappa shape index (κ2) is 8.75. The lowest BCUT2D eigenvalue weighted by molar-refractivity contribution is -0.152. The summed E-state index contributed by atoms with van der Waals surface area (Å²) in [7, 11) is 0. The van der Waals surface area contributed by atoms with E-state index < -0.39 is 18.0 Å². The molecule has 0 spiro atoms. The molecule has 11 nitrogen and oxygen atoms in total. The number of nitrogens with zero attached hydrogens (tertiary/aromatic N) is 4. The minimum atomic E-state index is -0.870. The SMILES string of the molecule is CC(C)C(=O)OCC1CCC(n2cnc3c(NC(=O)C4CCC(=O)O4)nc(Cl)nc32)O1. The standard InChI is InChI=1S/C19H22ClN5O6/c1-9(2)18(28)29-7-10-3-5-12(30-10)25-8-21-14-15(23-19(20)24-16(14)25)22-17(27)11-4-6-13(26)31-11/h8-12H,3-7H2,1-2H3,(H,22,23,24,27). The van der Waals surface area contributed by atoms with Crippen LogP contribution in [0, 0.1) is 5.92 Å². The number of hydrogen-bond donors (Lipinski definition) is 1. The maximum absolute atomic E-state index is 12.4. The Morgan fingerprint density at radius 1 is 1.32 bits per heavy atom. The lowest BCUT2D eigenvalue weighted by Crippen LogP contribution is -2.28. The van der Waals surface area contributed by atoms with E-state index in [1.54, 1.807) is 18.4 Å². The fourth-order valence-electron chi connectivity index (χ4n) is 3.45. The van der Waals surface area contributed by atoms with Crippen molar-refractivity contribution in [2.45, 2.75) is 58.0 Å². The number of fused-ring (bicyclic) bond motifs is 1. The van der Waals surface area contributed by atoms with Crippen molar-refractivity contribution in [3.8, 4) is 0 Å². The summed E-state index contributed by atoms with van der Waals surface area (Å²) in [5.41, 5.74) is 0.726. The Labute approximate surface area is 182 Å². The van der Waals surface area contributed by atoms with Crippen LogP contribution in [0.3, 0.4) is 0 Å². The number of hydrogen-bond acceptors (Lipinski definition) is 9. The van der Waals surface area contributed by atoms with Crippen molar-refractivity contribution < 1.29 is 28.6 Å². The van der Waals surface area contributed by atoms with Gasteiger partial charge in [-0.15, -0.1) is 0 Å². The van der Waals surface area contributed by atoms with E-state index in [0.717, 1.165) is 0 Å². The van der Waals surface area contributed by atoms with Gasteiger partial charge < -0.3 is 19.5 Å². The number of cyclic esters (lactones) is 1. The molecule has 166 valence electrons. The van der Waals surface area contributed by atoms with Gasteiger partial charge in [-0.1, -0.05) is 13.8 Å². The van der Waals surface area contributed by atoms with Crippen LogP contribution < -0.4 is 5.32 Å². The van der Waals surface area contributed by atoms with E-state index >= 15 is 0 Å². The molecule has 0 saturated carbocycles. The van der Waals surface area contributed by atoms with Crippen LogP contribution in [0.25, 0.3) is 11.2 Å². The van der Waals surface area contributed by atoms with Crippen molar-refractivity contribution in [3.05, 3.63) is 11.6 Å². The highest BCUT2D eigenvalue weighted by Crippen LogP contribution is 2.32. The van der Waals surface area contributed by atoms with Gasteiger partial charge in [-0.3, -0.25) is 19.0 Å². The van der Waals surface area contributed by atoms with Crippen LogP contribution in [0.5, 0.6) is 0 Å². The molecule has 0 bridgehead atoms. The van der Waals surface area contributed by atoms with E-state index in [4.69, 9.17) is 25.8 Å². The predicted octanol–water partition coefficient (Wildman–Crippen LogP) is 2.00. The Morgan fingerprint density at radius 3 is 2.84 bits per heavy atom. The smallest absolute Gasteiger partial charge is 0.308 e. The molecule has 2 fully saturated rings. The Hall–Kier alpha value is -2.79. The number of rotatable bonds is 6. The lowest BCUT2D eigenvalue weighted by atomic mass is 10.2. The van der Waals surface area contributed by atoms with E-state index in [2.05, 4.69) is 20.3 Å². The fourth-order valence-corrected chi connectivity index (χ4v) is 3.62. The summed E-state index contributed by atoms with van der Waals surface area (Å²) in [5.74, 6) is -1.26. The molecular formula is C19H22ClN5O6. The molecule has 31 heavy (non-hydrogen) atoms. The number of carbonyl (C=O) groups is 3. The molecule has 2 aromatic heterocycles. The lowest BCUT2D eigenvalue weighted by Gasteiger charge is -2.16. The average Bonchev–Trinajstić information content (AvgIpc) is 3.45. The van der Waals surface area contributed by atoms with Crippen molar-refractivity contribution in [1.29, 1.82) is 0 Å². The molecule has 2 aliphatic heterocycles. The van der Waals surface area contributed by atoms with Gasteiger partial charge in [0, 0.05) is 12.8 Å². The first-order chi connectivity index (χ1) is 14.8. The van der Waals surface area contributed by atoms with Crippen LogP contribution in [0.4, 0.5) is 5.82 Å². The molecule has 3 atom stereocenters. The number of amides is 1. The van der Waals surface area contributed by atoms with Crippen molar-refractivity contribution in [2.24, 2.45) is 5.92 Å². The zero-order valence-electron chi connectivity index (χ0n) is 17.0. The van der Waals surface area contributed by atoms with Crippen LogP contribution in [0.15, 0.2) is 6.33 Å². The third kappa shape index (κ3) is 4.62. The first kappa shape index (κ1) is 21.4. The van der Waals surface area contributed by atoms with Crippen molar-refractivity contribution in [3.63, 3.8) is 0 Å². The van der Waals surface area contributed by atoms with Crippen LogP contribution >= 0.6 is 11.6 Å². The highest BCUT2D eigenvalue weighted by molar-refractivity contribution is 6.28. The third-order valence-electron chi connectivity index (χ3n) is 5.09. The highest BCUT2D eigenvalue weighted by atomic mass is 35.5. The molecule has 2 aliphatic rings. The number of nitrogens with one attached hydrogen (secondary N) is 1. The summed E-state index contributed by atoms with van der Waals surface area (Å²) in [6.07, 6.45) is 1.91. The van der Waals surface area contributed by atoms with E-state index in [9.17, 15) is 14.4 Å². The zero-order chi connectivity index (χ0) is 22.1. The average molecular weight is 452 g/mol. The monoisotopic (exact) mass is 451 g/mol. The molecule has 0 aromatic carbocycles. The summed E-state index contributed by atoms with van der Waals surface area (Å²) in [6.45, 7) is 3.72. The van der Waals surface area contributed by atoms with E-state index in [-0.39, 0.29) is 48.3 Å². The molecule has 2 saturated heterocycles. The first-order valence-corrected chi connectivity index (χ1v) is 10.4. The quantitative estimate of drug-likeness (QED) is 0.516. The van der Waals surface area contributed by atoms with Gasteiger partial charge in [-0.25, -0.2) is 4.98 Å². The number of ether oxygens (including phenoxy) is 3. The van der Waals surface area contributed by atoms with E-state index in [0.29, 0.717) is 30.4 Å². The van der Waals surface area contributed by atoms with Gasteiger partial charge in [0.2, 0.25) is 5.28 Å². The molecule has 0 aliphatic carbocycles. The molecule has 12 heteroatoms. The van der Waals surface area contributed by atoms with Crippen LogP contribution in [-0.2, 0) is 28.6 Å². The number of esters is 2. The first-order valence-electron chi connectivity index (χ1n) is 10.0. The minimum Gasteiger partial charge on any atom is -0.463 e. The van der Waals surface area contributed by atoms with Gasteiger partial charge in [-0.2, -0.15) is 9.97 Å². The van der Waals surface area contributed by atoms with Gasteiger partial charge in [0.05, 0.1) is 18.3 Å². The zero-order valence-corrected chi connectivity index (χ0v) is 17.8. The fraction of sp³-hybridized carbons (Fsp3) is 0.579. The van der Waals surface area contributed by atoms with Crippen LogP contribution in [0.2, 0.25) is 5.28 Å². The molecule has 4 heterocycles. The third-order valence-corrected chi connectivity index (χ3v) is 5.26. The van der Waals surface area contributed by atoms with Crippen molar-refractivity contribution in [1.82, 2.24) is 19.5 Å². The van der Waals surface area contributed by atoms with E-state index in [1.165, 1.54) is 6.33 Å². The Balaban J connectivity index is 1.48. The van der Waals surface area contributed by atoms with Gasteiger partial charge in [0.1, 0.15) is 12.8 Å². The number of halogens is 1. The molecule has 2 aromatic rings. The van der Waals surface area contributed by atoms with E-state index in [1.807, 2.05) is 0 Å². The number of aromatic nitrogens is 4. The topological polar surface area (TPSA) is 135 Å².